The molecule has 1 heterocycles. The highest BCUT2D eigenvalue weighted by molar-refractivity contribution is 9.10. The fourth-order valence-corrected chi connectivity index (χ4v) is 5.14. The van der Waals surface area contributed by atoms with Gasteiger partial charge in [-0.2, -0.15) is 0 Å². The lowest BCUT2D eigenvalue weighted by atomic mass is 9.82. The highest BCUT2D eigenvalue weighted by Gasteiger charge is 2.53. The Kier molecular flexibility index (Phi) is 9.29. The van der Waals surface area contributed by atoms with Crippen LogP contribution in [0.25, 0.3) is 0 Å². The Morgan fingerprint density at radius 3 is 2.31 bits per heavy atom. The van der Waals surface area contributed by atoms with Crippen LogP contribution in [0.4, 0.5) is 8.78 Å². The third-order valence-electron chi connectivity index (χ3n) is 6.89. The number of hydrogen-bond donors (Lipinski definition) is 2. The van der Waals surface area contributed by atoms with E-state index in [0.717, 1.165) is 21.7 Å². The van der Waals surface area contributed by atoms with E-state index < -0.39 is 29.2 Å². The van der Waals surface area contributed by atoms with E-state index in [1.165, 1.54) is 12.1 Å². The van der Waals surface area contributed by atoms with Crippen LogP contribution in [0, 0.1) is 11.6 Å². The Morgan fingerprint density at radius 1 is 0.952 bits per heavy atom. The number of halogens is 3. The first-order valence-electron chi connectivity index (χ1n) is 13.5. The monoisotopic (exact) mass is 634 g/mol. The average molecular weight is 636 g/mol. The largest absolute Gasteiger partial charge is 0.494 e. The van der Waals surface area contributed by atoms with Crippen molar-refractivity contribution in [1.82, 2.24) is 5.32 Å². The lowest BCUT2D eigenvalue weighted by Crippen LogP contribution is -2.49. The lowest BCUT2D eigenvalue weighted by molar-refractivity contribution is -0.129. The predicted octanol–water partition coefficient (Wildman–Crippen LogP) is 6.30. The Morgan fingerprint density at radius 2 is 1.64 bits per heavy atom. The van der Waals surface area contributed by atoms with Crippen LogP contribution in [0.15, 0.2) is 107 Å². The van der Waals surface area contributed by atoms with Gasteiger partial charge >= 0.3 is 0 Å². The molecule has 6 nitrogen and oxygen atoms in total. The van der Waals surface area contributed by atoms with Gasteiger partial charge in [-0.15, -0.1) is 0 Å². The number of carbonyl (C=O) groups is 1. The highest BCUT2D eigenvalue weighted by atomic mass is 79.9. The summed E-state index contributed by atoms with van der Waals surface area (Å²) in [6.45, 7) is 0.331. The second-order valence-electron chi connectivity index (χ2n) is 9.96. The van der Waals surface area contributed by atoms with Crippen molar-refractivity contribution in [2.75, 3.05) is 13.2 Å². The van der Waals surface area contributed by atoms with E-state index in [1.807, 2.05) is 54.6 Å². The van der Waals surface area contributed by atoms with Crippen molar-refractivity contribution in [2.45, 2.75) is 31.0 Å². The third kappa shape index (κ3) is 6.86. The van der Waals surface area contributed by atoms with Crippen LogP contribution in [0.1, 0.15) is 34.8 Å². The first-order valence-corrected chi connectivity index (χ1v) is 14.3. The van der Waals surface area contributed by atoms with Gasteiger partial charge in [-0.25, -0.2) is 13.8 Å². The van der Waals surface area contributed by atoms with Crippen molar-refractivity contribution in [2.24, 2.45) is 4.99 Å². The fourth-order valence-electron chi connectivity index (χ4n) is 4.87. The molecule has 0 aliphatic carbocycles. The van der Waals surface area contributed by atoms with E-state index in [1.54, 1.807) is 24.3 Å². The number of nitrogens with zero attached hydrogens (tertiary/aromatic N) is 1. The quantitative estimate of drug-likeness (QED) is 0.190. The van der Waals surface area contributed by atoms with Crippen LogP contribution in [-0.2, 0) is 22.5 Å². The van der Waals surface area contributed by atoms with Crippen LogP contribution in [0.5, 0.6) is 5.75 Å². The number of rotatable bonds is 11. The van der Waals surface area contributed by atoms with E-state index in [9.17, 15) is 13.6 Å². The van der Waals surface area contributed by atoms with Crippen molar-refractivity contribution >= 4 is 27.7 Å². The minimum absolute atomic E-state index is 0.0419. The molecule has 2 atom stereocenters. The Bertz CT molecular complexity index is 1530. The maximum Gasteiger partial charge on any atom is 0.252 e. The summed E-state index contributed by atoms with van der Waals surface area (Å²) >= 11 is 3.46. The van der Waals surface area contributed by atoms with Crippen LogP contribution in [0.3, 0.4) is 0 Å². The van der Waals surface area contributed by atoms with Gasteiger partial charge in [0.2, 0.25) is 5.90 Å². The molecule has 9 heteroatoms. The van der Waals surface area contributed by atoms with E-state index in [2.05, 4.69) is 21.2 Å². The number of amides is 1. The first kappa shape index (κ1) is 29.4. The number of aliphatic hydroxyl groups is 1. The third-order valence-corrected chi connectivity index (χ3v) is 7.42. The summed E-state index contributed by atoms with van der Waals surface area (Å²) in [6.07, 6.45) is -0.0662. The molecule has 0 bridgehead atoms. The number of aliphatic imine (C=N–C) groups is 1. The van der Waals surface area contributed by atoms with Gasteiger partial charge in [0.25, 0.3) is 5.91 Å². The van der Waals surface area contributed by atoms with Gasteiger partial charge in [-0.05, 0) is 65.2 Å². The molecule has 0 fully saturated rings. The van der Waals surface area contributed by atoms with Gasteiger partial charge < -0.3 is 19.9 Å². The summed E-state index contributed by atoms with van der Waals surface area (Å²) in [5, 5.41) is 11.9. The van der Waals surface area contributed by atoms with Crippen molar-refractivity contribution in [3.05, 3.63) is 135 Å². The molecule has 1 aliphatic heterocycles. The zero-order chi connectivity index (χ0) is 29.5. The molecule has 1 aliphatic rings. The first-order chi connectivity index (χ1) is 20.4. The molecule has 4 aromatic rings. The molecule has 1 amide bonds. The number of aliphatic hydroxyl groups excluding tert-OH is 1. The molecular weight excluding hydrogens is 606 g/mol. The highest BCUT2D eigenvalue weighted by Crippen LogP contribution is 2.42. The van der Waals surface area contributed by atoms with Crippen molar-refractivity contribution in [1.29, 1.82) is 0 Å². The molecule has 0 saturated heterocycles. The molecule has 0 aromatic heterocycles. The molecule has 0 radical (unpaired) electrons. The molecule has 0 saturated carbocycles. The lowest BCUT2D eigenvalue weighted by Gasteiger charge is -2.31. The molecule has 5 rings (SSSR count). The Labute approximate surface area is 251 Å². The maximum atomic E-state index is 14.2. The van der Waals surface area contributed by atoms with Crippen LogP contribution >= 0.6 is 15.9 Å². The number of hydrogen-bond acceptors (Lipinski definition) is 5. The molecule has 0 spiro atoms. The minimum Gasteiger partial charge on any atom is -0.494 e. The van der Waals surface area contributed by atoms with Gasteiger partial charge in [0.05, 0.1) is 6.61 Å². The standard InChI is InChI=1S/C33H29BrF2N2O4/c34-26-11-7-22(8-12-26)20-33(32(40)37-21-23-17-27(35)19-28(36)18-23)30(24-5-2-1-3-6-24)42-31(38-33)25-9-13-29(14-10-25)41-16-4-15-39/h1-3,5-14,17-19,30,39H,4,15-16,20-21H2,(H,37,40)/t30-,33-/m1/s1. The molecule has 0 unspecified atom stereocenters. The van der Waals surface area contributed by atoms with Crippen LogP contribution < -0.4 is 10.1 Å². The number of nitrogens with one attached hydrogen (secondary N) is 1. The summed E-state index contributed by atoms with van der Waals surface area (Å²) in [6, 6.07) is 27.3. The number of carbonyl (C=O) groups excluding carboxylic acids is 1. The van der Waals surface area contributed by atoms with E-state index in [0.29, 0.717) is 24.3 Å². The van der Waals surface area contributed by atoms with Gasteiger partial charge in [-0.1, -0.05) is 58.4 Å². The number of ether oxygens (including phenoxy) is 2. The van der Waals surface area contributed by atoms with Gasteiger partial charge in [0.1, 0.15) is 17.4 Å². The molecule has 216 valence electrons. The molecule has 4 aromatic carbocycles. The van der Waals surface area contributed by atoms with Crippen molar-refractivity contribution in [3.8, 4) is 5.75 Å². The van der Waals surface area contributed by atoms with Crippen molar-refractivity contribution in [3.63, 3.8) is 0 Å². The molecular formula is C33H29BrF2N2O4. The van der Waals surface area contributed by atoms with Gasteiger partial charge in [0, 0.05) is 42.1 Å². The van der Waals surface area contributed by atoms with Gasteiger partial charge in [0.15, 0.2) is 11.6 Å². The zero-order valence-corrected chi connectivity index (χ0v) is 24.2. The molecule has 2 N–H and O–H groups in total. The summed E-state index contributed by atoms with van der Waals surface area (Å²) in [7, 11) is 0. The average Bonchev–Trinajstić information content (AvgIpc) is 3.38. The number of benzene rings is 4. The van der Waals surface area contributed by atoms with Gasteiger partial charge in [-0.3, -0.25) is 4.79 Å². The van der Waals surface area contributed by atoms with E-state index in [4.69, 9.17) is 19.6 Å². The van der Waals surface area contributed by atoms with E-state index in [-0.39, 0.29) is 31.0 Å². The van der Waals surface area contributed by atoms with Crippen LogP contribution in [0.2, 0.25) is 0 Å². The summed E-state index contributed by atoms with van der Waals surface area (Å²) in [5.74, 6) is -0.970. The SMILES string of the molecule is O=C(NCc1cc(F)cc(F)c1)[C@]1(Cc2ccc(Br)cc2)N=C(c2ccc(OCCCO)cc2)O[C@@H]1c1ccccc1. The minimum atomic E-state index is -1.44. The predicted molar refractivity (Wildman–Crippen MR) is 159 cm³/mol. The topological polar surface area (TPSA) is 80.2 Å². The van der Waals surface area contributed by atoms with E-state index >= 15 is 0 Å². The maximum absolute atomic E-state index is 14.2. The normalized spacial score (nSPS) is 17.8. The summed E-state index contributed by atoms with van der Waals surface area (Å²) in [5.41, 5.74) is 1.11. The zero-order valence-electron chi connectivity index (χ0n) is 22.6. The van der Waals surface area contributed by atoms with Crippen molar-refractivity contribution < 1.29 is 28.2 Å². The smallest absolute Gasteiger partial charge is 0.252 e. The second-order valence-corrected chi connectivity index (χ2v) is 10.9. The summed E-state index contributed by atoms with van der Waals surface area (Å²) < 4.78 is 40.8. The Balaban J connectivity index is 1.54. The molecule has 42 heavy (non-hydrogen) atoms. The summed E-state index contributed by atoms with van der Waals surface area (Å²) in [4.78, 5) is 19.2. The Hall–Kier alpha value is -4.08. The van der Waals surface area contributed by atoms with Crippen LogP contribution in [-0.4, -0.2) is 35.7 Å². The fraction of sp³-hybridized carbons (Fsp3) is 0.212. The second kappa shape index (κ2) is 13.3.